The Morgan fingerprint density at radius 2 is 2.07 bits per heavy atom. The Kier molecular flexibility index (Phi) is 3.50. The largest absolute Gasteiger partial charge is 0.390 e. The quantitative estimate of drug-likeness (QED) is 0.808. The molecule has 1 heterocycles. The van der Waals surface area contributed by atoms with Gasteiger partial charge in [-0.05, 0) is 34.1 Å². The van der Waals surface area contributed by atoms with Crippen molar-refractivity contribution in [3.8, 4) is 0 Å². The second kappa shape index (κ2) is 4.28. The van der Waals surface area contributed by atoms with Crippen molar-refractivity contribution in [3.05, 3.63) is 10.6 Å². The highest BCUT2D eigenvalue weighted by Crippen LogP contribution is 2.21. The summed E-state index contributed by atoms with van der Waals surface area (Å²) in [6.45, 7) is 8.46. The lowest BCUT2D eigenvalue weighted by Crippen LogP contribution is -2.22. The molecule has 1 aromatic rings. The Bertz CT molecular complexity index is 282. The van der Waals surface area contributed by atoms with Crippen molar-refractivity contribution < 1.29 is 5.11 Å². The van der Waals surface area contributed by atoms with Crippen LogP contribution in [0, 0.1) is 13.8 Å². The molecule has 0 saturated heterocycles. The molecule has 4 heteroatoms. The van der Waals surface area contributed by atoms with Crippen LogP contribution in [-0.2, 0) is 0 Å². The van der Waals surface area contributed by atoms with Gasteiger partial charge in [0.15, 0.2) is 5.13 Å². The molecule has 1 rings (SSSR count). The van der Waals surface area contributed by atoms with E-state index in [0.717, 1.165) is 23.8 Å². The summed E-state index contributed by atoms with van der Waals surface area (Å²) in [6, 6.07) is 0. The number of aryl methyl sites for hydroxylation is 2. The van der Waals surface area contributed by atoms with Crippen molar-refractivity contribution in [2.75, 3.05) is 11.9 Å². The molecule has 0 unspecified atom stereocenters. The van der Waals surface area contributed by atoms with E-state index in [4.69, 9.17) is 0 Å². The number of thiazole rings is 1. The fourth-order valence-electron chi connectivity index (χ4n) is 1.02. The van der Waals surface area contributed by atoms with Crippen LogP contribution in [0.2, 0.25) is 0 Å². The summed E-state index contributed by atoms with van der Waals surface area (Å²) in [6.07, 6.45) is 0.727. The Morgan fingerprint density at radius 1 is 1.43 bits per heavy atom. The van der Waals surface area contributed by atoms with E-state index in [-0.39, 0.29) is 0 Å². The third-order valence-corrected chi connectivity index (χ3v) is 3.07. The molecular formula is C10H18N2OS. The summed E-state index contributed by atoms with van der Waals surface area (Å²) < 4.78 is 0. The highest BCUT2D eigenvalue weighted by molar-refractivity contribution is 7.15. The smallest absolute Gasteiger partial charge is 0.183 e. The van der Waals surface area contributed by atoms with Gasteiger partial charge in [0.05, 0.1) is 11.3 Å². The maximum absolute atomic E-state index is 9.50. The molecule has 3 nitrogen and oxygen atoms in total. The molecule has 14 heavy (non-hydrogen) atoms. The van der Waals surface area contributed by atoms with Crippen LogP contribution in [0.4, 0.5) is 5.13 Å². The third-order valence-electron chi connectivity index (χ3n) is 2.04. The lowest BCUT2D eigenvalue weighted by molar-refractivity contribution is 0.0749. The SMILES string of the molecule is Cc1nc(NCCC(C)(C)O)sc1C. The van der Waals surface area contributed by atoms with Crippen LogP contribution in [0.1, 0.15) is 30.8 Å². The Morgan fingerprint density at radius 3 is 2.50 bits per heavy atom. The van der Waals surface area contributed by atoms with Crippen molar-refractivity contribution >= 4 is 16.5 Å². The van der Waals surface area contributed by atoms with Gasteiger partial charge in [0.1, 0.15) is 0 Å². The van der Waals surface area contributed by atoms with E-state index in [0.29, 0.717) is 0 Å². The highest BCUT2D eigenvalue weighted by Gasteiger charge is 2.11. The first-order chi connectivity index (χ1) is 6.38. The lowest BCUT2D eigenvalue weighted by Gasteiger charge is -2.16. The molecule has 0 atom stereocenters. The second-order valence-corrected chi connectivity index (χ2v) is 5.35. The lowest BCUT2D eigenvalue weighted by atomic mass is 10.1. The van der Waals surface area contributed by atoms with Crippen molar-refractivity contribution in [1.82, 2.24) is 4.98 Å². The number of hydrogen-bond donors (Lipinski definition) is 2. The van der Waals surface area contributed by atoms with Crippen molar-refractivity contribution in [1.29, 1.82) is 0 Å². The van der Waals surface area contributed by atoms with Gasteiger partial charge in [-0.25, -0.2) is 4.98 Å². The van der Waals surface area contributed by atoms with Gasteiger partial charge in [-0.1, -0.05) is 0 Å². The first kappa shape index (κ1) is 11.5. The zero-order valence-corrected chi connectivity index (χ0v) is 10.0. The molecule has 0 aliphatic rings. The molecule has 0 fully saturated rings. The Labute approximate surface area is 89.2 Å². The molecule has 0 aromatic carbocycles. The van der Waals surface area contributed by atoms with Crippen molar-refractivity contribution in [3.63, 3.8) is 0 Å². The topological polar surface area (TPSA) is 45.2 Å². The van der Waals surface area contributed by atoms with E-state index in [2.05, 4.69) is 17.2 Å². The number of aromatic nitrogens is 1. The van der Waals surface area contributed by atoms with Crippen LogP contribution in [-0.4, -0.2) is 22.2 Å². The predicted molar refractivity (Wildman–Crippen MR) is 61.0 cm³/mol. The van der Waals surface area contributed by atoms with E-state index in [1.807, 2.05) is 20.8 Å². The fourth-order valence-corrected chi connectivity index (χ4v) is 1.86. The maximum Gasteiger partial charge on any atom is 0.183 e. The number of rotatable bonds is 4. The van der Waals surface area contributed by atoms with Crippen molar-refractivity contribution in [2.45, 2.75) is 39.7 Å². The maximum atomic E-state index is 9.50. The molecule has 0 radical (unpaired) electrons. The first-order valence-corrected chi connectivity index (χ1v) is 5.60. The van der Waals surface area contributed by atoms with Gasteiger partial charge in [-0.15, -0.1) is 11.3 Å². The summed E-state index contributed by atoms with van der Waals surface area (Å²) in [5, 5.41) is 13.7. The van der Waals surface area contributed by atoms with Crippen LogP contribution < -0.4 is 5.32 Å². The molecular weight excluding hydrogens is 196 g/mol. The minimum atomic E-state index is -0.603. The van der Waals surface area contributed by atoms with Crippen LogP contribution in [0.15, 0.2) is 0 Å². The van der Waals surface area contributed by atoms with Gasteiger partial charge < -0.3 is 10.4 Å². The zero-order valence-electron chi connectivity index (χ0n) is 9.22. The molecule has 80 valence electrons. The second-order valence-electron chi connectivity index (χ2n) is 4.15. The molecule has 0 bridgehead atoms. The summed E-state index contributed by atoms with van der Waals surface area (Å²) in [7, 11) is 0. The van der Waals surface area contributed by atoms with Gasteiger partial charge in [0.2, 0.25) is 0 Å². The summed E-state index contributed by atoms with van der Waals surface area (Å²) >= 11 is 1.66. The average Bonchev–Trinajstić information content (AvgIpc) is 2.28. The van der Waals surface area contributed by atoms with E-state index < -0.39 is 5.60 Å². The summed E-state index contributed by atoms with van der Waals surface area (Å²) in [4.78, 5) is 5.60. The van der Waals surface area contributed by atoms with Crippen LogP contribution in [0.5, 0.6) is 0 Å². The molecule has 0 saturated carbocycles. The number of nitrogens with one attached hydrogen (secondary N) is 1. The van der Waals surface area contributed by atoms with Crippen molar-refractivity contribution in [2.24, 2.45) is 0 Å². The average molecular weight is 214 g/mol. The molecule has 0 aliphatic heterocycles. The van der Waals surface area contributed by atoms with Gasteiger partial charge in [-0.3, -0.25) is 0 Å². The van der Waals surface area contributed by atoms with E-state index in [1.165, 1.54) is 4.88 Å². The molecule has 1 aromatic heterocycles. The highest BCUT2D eigenvalue weighted by atomic mass is 32.1. The zero-order chi connectivity index (χ0) is 10.8. The molecule has 0 aliphatic carbocycles. The minimum Gasteiger partial charge on any atom is -0.390 e. The Balaban J connectivity index is 2.39. The van der Waals surface area contributed by atoms with Gasteiger partial charge >= 0.3 is 0 Å². The molecule has 2 N–H and O–H groups in total. The van der Waals surface area contributed by atoms with Crippen LogP contribution >= 0.6 is 11.3 Å². The third kappa shape index (κ3) is 3.64. The van der Waals surface area contributed by atoms with E-state index in [9.17, 15) is 5.11 Å². The van der Waals surface area contributed by atoms with Crippen LogP contribution in [0.25, 0.3) is 0 Å². The molecule has 0 amide bonds. The Hall–Kier alpha value is -0.610. The predicted octanol–water partition coefficient (Wildman–Crippen LogP) is 2.33. The van der Waals surface area contributed by atoms with E-state index in [1.54, 1.807) is 11.3 Å². The van der Waals surface area contributed by atoms with E-state index >= 15 is 0 Å². The van der Waals surface area contributed by atoms with Crippen LogP contribution in [0.3, 0.4) is 0 Å². The standard InChI is InChI=1S/C10H18N2OS/c1-7-8(2)14-9(12-7)11-6-5-10(3,4)13/h13H,5-6H2,1-4H3,(H,11,12). The minimum absolute atomic E-state index is 0.603. The van der Waals surface area contributed by atoms with Gasteiger partial charge in [0, 0.05) is 11.4 Å². The molecule has 0 spiro atoms. The number of aliphatic hydroxyl groups is 1. The summed E-state index contributed by atoms with van der Waals surface area (Å²) in [5.74, 6) is 0. The van der Waals surface area contributed by atoms with Gasteiger partial charge in [-0.2, -0.15) is 0 Å². The van der Waals surface area contributed by atoms with Gasteiger partial charge in [0.25, 0.3) is 0 Å². The monoisotopic (exact) mass is 214 g/mol. The first-order valence-electron chi connectivity index (χ1n) is 4.79. The fraction of sp³-hybridized carbons (Fsp3) is 0.700. The number of anilines is 1. The number of hydrogen-bond acceptors (Lipinski definition) is 4. The summed E-state index contributed by atoms with van der Waals surface area (Å²) in [5.41, 5.74) is 0.481. The number of nitrogens with zero attached hydrogens (tertiary/aromatic N) is 1. The normalized spacial score (nSPS) is 11.8.